The third-order valence-electron chi connectivity index (χ3n) is 6.17. The summed E-state index contributed by atoms with van der Waals surface area (Å²) in [7, 11) is 0. The predicted molar refractivity (Wildman–Crippen MR) is 129 cm³/mol. The lowest BCUT2D eigenvalue weighted by Crippen LogP contribution is -2.30. The zero-order valence-corrected chi connectivity index (χ0v) is 17.8. The first-order valence-electron chi connectivity index (χ1n) is 10.6. The van der Waals surface area contributed by atoms with Gasteiger partial charge >= 0.3 is 0 Å². The first-order chi connectivity index (χ1) is 14.5. The Hall–Kier alpha value is -3.32. The molecular weight excluding hydrogens is 362 g/mol. The van der Waals surface area contributed by atoms with Crippen LogP contribution in [0.1, 0.15) is 20.8 Å². The minimum atomic E-state index is -0.187. The molecule has 0 aliphatic heterocycles. The number of rotatable bonds is 2. The van der Waals surface area contributed by atoms with Gasteiger partial charge in [0, 0.05) is 27.1 Å². The van der Waals surface area contributed by atoms with Crippen molar-refractivity contribution in [3.8, 4) is 5.69 Å². The van der Waals surface area contributed by atoms with Gasteiger partial charge in [-0.15, -0.1) is 0 Å². The summed E-state index contributed by atoms with van der Waals surface area (Å²) in [6.07, 6.45) is 20.5. The van der Waals surface area contributed by atoms with Gasteiger partial charge in [0.1, 0.15) is 0 Å². The maximum absolute atomic E-state index is 2.45. The van der Waals surface area contributed by atoms with Crippen LogP contribution in [-0.4, -0.2) is 4.57 Å². The minimum absolute atomic E-state index is 0.0282. The van der Waals surface area contributed by atoms with E-state index in [1.807, 2.05) is 0 Å². The Kier molecular flexibility index (Phi) is 4.29. The molecule has 0 saturated heterocycles. The molecule has 2 aromatic carbocycles. The van der Waals surface area contributed by atoms with Crippen LogP contribution < -0.4 is 10.6 Å². The molecule has 1 heterocycles. The molecule has 2 aliphatic carbocycles. The molecule has 3 aromatic rings. The van der Waals surface area contributed by atoms with Crippen molar-refractivity contribution < 1.29 is 0 Å². The van der Waals surface area contributed by atoms with Gasteiger partial charge in [0.25, 0.3) is 0 Å². The highest BCUT2D eigenvalue weighted by molar-refractivity contribution is 5.85. The highest BCUT2D eigenvalue weighted by Crippen LogP contribution is 2.37. The number of fused-ring (bicyclic) bond motifs is 3. The Morgan fingerprint density at radius 3 is 2.33 bits per heavy atom. The monoisotopic (exact) mass is 389 g/mol. The molecule has 0 saturated carbocycles. The normalized spacial score (nSPS) is 21.9. The van der Waals surface area contributed by atoms with Gasteiger partial charge in [-0.1, -0.05) is 98.9 Å². The molecule has 1 unspecified atom stereocenters. The minimum Gasteiger partial charge on any atom is -0.309 e. The van der Waals surface area contributed by atoms with Crippen LogP contribution >= 0.6 is 0 Å². The lowest BCUT2D eigenvalue weighted by molar-refractivity contribution is 0.604. The largest absolute Gasteiger partial charge is 0.309 e. The van der Waals surface area contributed by atoms with E-state index in [1.54, 1.807) is 0 Å². The fourth-order valence-corrected chi connectivity index (χ4v) is 4.62. The maximum atomic E-state index is 2.45. The standard InChI is InChI=1S/C29H27N/c1-28(2)18-10-9-12-22(20-28)29(3)19-11-17-27-25(21-29)24-15-7-8-16-26(24)30(27)23-13-5-4-6-14-23/h4-21H,1-3H3. The smallest absolute Gasteiger partial charge is 0.0540 e. The lowest BCUT2D eigenvalue weighted by atomic mass is 9.77. The van der Waals surface area contributed by atoms with Gasteiger partial charge in [0.05, 0.1) is 10.9 Å². The summed E-state index contributed by atoms with van der Waals surface area (Å²) in [6.45, 7) is 6.84. The van der Waals surface area contributed by atoms with E-state index in [0.717, 1.165) is 0 Å². The summed E-state index contributed by atoms with van der Waals surface area (Å²) in [6, 6.07) is 19.4. The number of hydrogen-bond acceptors (Lipinski definition) is 0. The van der Waals surface area contributed by atoms with Crippen LogP contribution in [-0.2, 0) is 0 Å². The summed E-state index contributed by atoms with van der Waals surface area (Å²) in [4.78, 5) is 0. The number of aromatic nitrogens is 1. The summed E-state index contributed by atoms with van der Waals surface area (Å²) in [5.41, 5.74) is 3.60. The highest BCUT2D eigenvalue weighted by atomic mass is 15.0. The molecule has 148 valence electrons. The molecule has 0 radical (unpaired) electrons. The molecule has 2 aliphatic rings. The van der Waals surface area contributed by atoms with Crippen molar-refractivity contribution >= 4 is 23.1 Å². The van der Waals surface area contributed by atoms with E-state index >= 15 is 0 Å². The molecule has 0 fully saturated rings. The van der Waals surface area contributed by atoms with Crippen molar-refractivity contribution in [3.05, 3.63) is 113 Å². The van der Waals surface area contributed by atoms with Gasteiger partial charge in [0.2, 0.25) is 0 Å². The lowest BCUT2D eigenvalue weighted by Gasteiger charge is -2.26. The molecule has 0 spiro atoms. The van der Waals surface area contributed by atoms with Crippen molar-refractivity contribution in [2.75, 3.05) is 0 Å². The quantitative estimate of drug-likeness (QED) is 0.518. The third-order valence-corrected chi connectivity index (χ3v) is 6.17. The second kappa shape index (κ2) is 6.88. The van der Waals surface area contributed by atoms with Crippen LogP contribution in [0.5, 0.6) is 0 Å². The third kappa shape index (κ3) is 3.11. The van der Waals surface area contributed by atoms with Crippen molar-refractivity contribution in [2.24, 2.45) is 10.8 Å². The Morgan fingerprint density at radius 1 is 0.733 bits per heavy atom. The Labute approximate surface area is 178 Å². The SMILES string of the molecule is CC1(C)C=CC=CC(C2(C)C=CC=c3c(c4ccccc4n3-c3ccccc3)=C2)=C1. The Morgan fingerprint density at radius 2 is 1.50 bits per heavy atom. The molecular formula is C29H27N. The Bertz CT molecular complexity index is 1360. The van der Waals surface area contributed by atoms with Crippen LogP contribution in [0.25, 0.3) is 28.7 Å². The number of nitrogens with zero attached hydrogens (tertiary/aromatic N) is 1. The second-order valence-electron chi connectivity index (χ2n) is 9.08. The van der Waals surface area contributed by atoms with Crippen molar-refractivity contribution in [1.82, 2.24) is 4.57 Å². The molecule has 1 atom stereocenters. The van der Waals surface area contributed by atoms with Gasteiger partial charge in [-0.25, -0.2) is 0 Å². The average molecular weight is 390 g/mol. The fraction of sp³-hybridized carbons (Fsp3) is 0.172. The molecule has 1 nitrogen and oxygen atoms in total. The van der Waals surface area contributed by atoms with Crippen molar-refractivity contribution in [2.45, 2.75) is 20.8 Å². The van der Waals surface area contributed by atoms with E-state index in [0.29, 0.717) is 0 Å². The van der Waals surface area contributed by atoms with E-state index < -0.39 is 0 Å². The van der Waals surface area contributed by atoms with Crippen LogP contribution in [0.15, 0.2) is 103 Å². The second-order valence-corrected chi connectivity index (χ2v) is 9.08. The van der Waals surface area contributed by atoms with Gasteiger partial charge < -0.3 is 4.57 Å². The van der Waals surface area contributed by atoms with E-state index in [4.69, 9.17) is 0 Å². The summed E-state index contributed by atoms with van der Waals surface area (Å²) >= 11 is 0. The number of hydrogen-bond donors (Lipinski definition) is 0. The van der Waals surface area contributed by atoms with Crippen molar-refractivity contribution in [3.63, 3.8) is 0 Å². The van der Waals surface area contributed by atoms with Crippen LogP contribution in [0.2, 0.25) is 0 Å². The number of para-hydroxylation sites is 2. The first kappa shape index (κ1) is 18.7. The fourth-order valence-electron chi connectivity index (χ4n) is 4.62. The number of allylic oxidation sites excluding steroid dienone is 8. The summed E-state index contributed by atoms with van der Waals surface area (Å²) < 4.78 is 2.38. The first-order valence-corrected chi connectivity index (χ1v) is 10.6. The summed E-state index contributed by atoms with van der Waals surface area (Å²) in [5, 5.41) is 3.82. The topological polar surface area (TPSA) is 4.93 Å². The molecule has 0 bridgehead atoms. The van der Waals surface area contributed by atoms with Crippen molar-refractivity contribution in [1.29, 1.82) is 0 Å². The van der Waals surface area contributed by atoms with E-state index in [2.05, 4.69) is 135 Å². The van der Waals surface area contributed by atoms with Gasteiger partial charge in [-0.05, 0) is 36.8 Å². The summed E-state index contributed by atoms with van der Waals surface area (Å²) in [5.74, 6) is 0. The molecule has 5 rings (SSSR count). The highest BCUT2D eigenvalue weighted by Gasteiger charge is 2.26. The molecule has 0 amide bonds. The predicted octanol–water partition coefficient (Wildman–Crippen LogP) is 5.85. The van der Waals surface area contributed by atoms with Gasteiger partial charge in [0.15, 0.2) is 0 Å². The van der Waals surface area contributed by atoms with E-state index in [9.17, 15) is 0 Å². The molecule has 1 heteroatoms. The zero-order chi connectivity index (χ0) is 20.8. The maximum Gasteiger partial charge on any atom is 0.0540 e. The van der Waals surface area contributed by atoms with Gasteiger partial charge in [-0.3, -0.25) is 0 Å². The molecule has 30 heavy (non-hydrogen) atoms. The van der Waals surface area contributed by atoms with Crippen LogP contribution in [0.4, 0.5) is 0 Å². The number of benzene rings is 2. The van der Waals surface area contributed by atoms with E-state index in [1.165, 1.54) is 32.7 Å². The molecule has 1 aromatic heterocycles. The zero-order valence-electron chi connectivity index (χ0n) is 17.8. The average Bonchev–Trinajstić information content (AvgIpc) is 2.86. The van der Waals surface area contributed by atoms with Crippen LogP contribution in [0, 0.1) is 10.8 Å². The molecule has 0 N–H and O–H groups in total. The Balaban J connectivity index is 1.83. The van der Waals surface area contributed by atoms with Gasteiger partial charge in [-0.2, -0.15) is 0 Å². The van der Waals surface area contributed by atoms with E-state index in [-0.39, 0.29) is 10.8 Å². The van der Waals surface area contributed by atoms with Crippen LogP contribution in [0.3, 0.4) is 0 Å².